The smallest absolute Gasteiger partial charge is 0.240 e. The zero-order valence-electron chi connectivity index (χ0n) is 55.8. The summed E-state index contributed by atoms with van der Waals surface area (Å²) in [7, 11) is 3.82. The minimum atomic E-state index is -0.313. The average Bonchev–Trinajstić information content (AvgIpc) is 1.33. The van der Waals surface area contributed by atoms with E-state index in [1.165, 1.54) is 64.2 Å². The normalized spacial score (nSPS) is 22.5. The topological polar surface area (TPSA) is 167 Å². The SMILES string of the molecule is CN(Cc1ccccc1)C(=O)[C@H]1CC[C@@H](N[C@H](Cc2ccc(Cl)cc2)C(=O)N2CCC(Cn3cncn3)(C3CCCCC3)CC2)CC1.CN(Cc1ccccc1)C(=O)[C@H]1CC[C@H](N[C@H](Cc2ccc(Cl)cc2)C(=O)N2CCC(Cn3cncn3)(C3CCCCC3)CC2)CC1. The van der Waals surface area contributed by atoms with Gasteiger partial charge in [0.25, 0.3) is 0 Å². The van der Waals surface area contributed by atoms with Gasteiger partial charge in [0.05, 0.1) is 12.1 Å². The molecule has 4 saturated carbocycles. The van der Waals surface area contributed by atoms with Gasteiger partial charge < -0.3 is 30.2 Å². The van der Waals surface area contributed by atoms with Crippen molar-refractivity contribution in [3.8, 4) is 0 Å². The number of nitrogens with zero attached hydrogens (tertiary/aromatic N) is 10. The lowest BCUT2D eigenvalue weighted by molar-refractivity contribution is -0.138. The van der Waals surface area contributed by atoms with Gasteiger partial charge in [-0.05, 0) is 185 Å². The summed E-state index contributed by atoms with van der Waals surface area (Å²) in [5.41, 5.74) is 4.81. The van der Waals surface area contributed by atoms with Gasteiger partial charge in [-0.15, -0.1) is 0 Å². The van der Waals surface area contributed by atoms with E-state index in [4.69, 9.17) is 23.2 Å². The Morgan fingerprint density at radius 2 is 0.819 bits per heavy atom. The fourth-order valence-electron chi connectivity index (χ4n) is 17.1. The van der Waals surface area contributed by atoms with Crippen LogP contribution in [-0.4, -0.2) is 137 Å². The Kier molecular flexibility index (Phi) is 24.5. The molecule has 18 heteroatoms. The molecule has 4 aromatic carbocycles. The fourth-order valence-corrected chi connectivity index (χ4v) is 17.4. The van der Waals surface area contributed by atoms with Crippen molar-refractivity contribution in [3.05, 3.63) is 167 Å². The van der Waals surface area contributed by atoms with Gasteiger partial charge in [0.1, 0.15) is 25.3 Å². The summed E-state index contributed by atoms with van der Waals surface area (Å²) in [6.45, 7) is 6.13. The van der Waals surface area contributed by atoms with Crippen LogP contribution in [0.2, 0.25) is 10.0 Å². The number of likely N-dealkylation sites (tertiary alicyclic amines) is 2. The molecule has 4 aliphatic carbocycles. The van der Waals surface area contributed by atoms with Gasteiger partial charge in [0, 0.05) is 100 Å². The second-order valence-corrected chi connectivity index (χ2v) is 29.7. The van der Waals surface area contributed by atoms with Crippen LogP contribution in [-0.2, 0) is 58.2 Å². The molecule has 0 unspecified atom stereocenters. The van der Waals surface area contributed by atoms with E-state index in [0.29, 0.717) is 47.8 Å². The summed E-state index contributed by atoms with van der Waals surface area (Å²) >= 11 is 12.4. The largest absolute Gasteiger partial charge is 0.341 e. The van der Waals surface area contributed by atoms with Crippen LogP contribution in [0.15, 0.2) is 135 Å². The second kappa shape index (κ2) is 33.5. The van der Waals surface area contributed by atoms with Crippen molar-refractivity contribution in [1.82, 2.24) is 59.8 Å². The first kappa shape index (κ1) is 68.9. The Morgan fingerprint density at radius 1 is 0.468 bits per heavy atom. The predicted molar refractivity (Wildman–Crippen MR) is 371 cm³/mol. The predicted octanol–water partition coefficient (Wildman–Crippen LogP) is 13.1. The minimum absolute atomic E-state index is 0.0344. The maximum Gasteiger partial charge on any atom is 0.240 e. The monoisotopic (exact) mass is 1320 g/mol. The van der Waals surface area contributed by atoms with Gasteiger partial charge in [-0.2, -0.15) is 10.2 Å². The van der Waals surface area contributed by atoms with Crippen LogP contribution in [0.1, 0.15) is 164 Å². The molecule has 0 bridgehead atoms. The molecular formula is C76H102Cl2N12O4. The van der Waals surface area contributed by atoms with E-state index in [-0.39, 0.29) is 70.5 Å². The van der Waals surface area contributed by atoms with Gasteiger partial charge in [-0.25, -0.2) is 9.97 Å². The summed E-state index contributed by atoms with van der Waals surface area (Å²) in [5, 5.41) is 17.9. The first-order valence-electron chi connectivity index (χ1n) is 35.6. The summed E-state index contributed by atoms with van der Waals surface area (Å²) in [4.78, 5) is 71.7. The third-order valence-corrected chi connectivity index (χ3v) is 23.1. The van der Waals surface area contributed by atoms with Gasteiger partial charge in [0.15, 0.2) is 0 Å². The van der Waals surface area contributed by atoms with Crippen LogP contribution >= 0.6 is 23.2 Å². The second-order valence-electron chi connectivity index (χ2n) is 28.8. The molecule has 2 atom stereocenters. The lowest BCUT2D eigenvalue weighted by atomic mass is 9.63. The van der Waals surface area contributed by atoms with Crippen LogP contribution in [0, 0.1) is 34.5 Å². The molecule has 0 radical (unpaired) electrons. The van der Waals surface area contributed by atoms with Crippen molar-refractivity contribution in [2.45, 2.75) is 204 Å². The molecule has 6 fully saturated rings. The summed E-state index contributed by atoms with van der Waals surface area (Å²) in [5.74, 6) is 2.25. The molecule has 6 aliphatic rings. The van der Waals surface area contributed by atoms with Gasteiger partial charge >= 0.3 is 0 Å². The van der Waals surface area contributed by atoms with Crippen molar-refractivity contribution >= 4 is 46.8 Å². The third kappa shape index (κ3) is 18.6. The van der Waals surface area contributed by atoms with Crippen LogP contribution in [0.4, 0.5) is 0 Å². The molecule has 2 N–H and O–H groups in total. The number of benzene rings is 4. The van der Waals surface area contributed by atoms with E-state index in [1.54, 1.807) is 12.7 Å². The molecule has 94 heavy (non-hydrogen) atoms. The van der Waals surface area contributed by atoms with E-state index in [2.05, 4.69) is 64.9 Å². The molecule has 504 valence electrons. The summed E-state index contributed by atoms with van der Waals surface area (Å²) < 4.78 is 4.02. The average molecular weight is 1320 g/mol. The van der Waals surface area contributed by atoms with Crippen molar-refractivity contribution in [1.29, 1.82) is 0 Å². The standard InChI is InChI=1S/2C38H51ClN6O2/c2*1-43(25-30-8-4-2-5-9-30)36(46)31-14-18-34(19-15-31)42-35(24-29-12-16-33(39)17-13-29)37(47)44-22-20-38(21-23-44,26-45-28-40-27-41-45)32-10-6-3-7-11-32/h2*2,4-5,8-9,12-13,16-17,27-28,31-32,34-35,42H,3,6-7,10-11,14-15,18-26H2,1H3/t31-,34+,35-;31-,34-,35-/m11/s1. The highest BCUT2D eigenvalue weighted by Gasteiger charge is 2.46. The number of aromatic nitrogens is 6. The Labute approximate surface area is 568 Å². The highest BCUT2D eigenvalue weighted by atomic mass is 35.5. The van der Waals surface area contributed by atoms with Gasteiger partial charge in [-0.1, -0.05) is 147 Å². The number of hydrogen-bond acceptors (Lipinski definition) is 10. The molecule has 2 aliphatic heterocycles. The Morgan fingerprint density at radius 3 is 1.15 bits per heavy atom. The number of piperidine rings is 2. The summed E-state index contributed by atoms with van der Waals surface area (Å²) in [6.07, 6.45) is 32.1. The van der Waals surface area contributed by atoms with E-state index in [0.717, 1.165) is 139 Å². The first-order valence-corrected chi connectivity index (χ1v) is 36.3. The Bertz CT molecular complexity index is 3040. The number of rotatable bonds is 22. The van der Waals surface area contributed by atoms with Crippen LogP contribution in [0.25, 0.3) is 0 Å². The third-order valence-electron chi connectivity index (χ3n) is 22.6. The van der Waals surface area contributed by atoms with Crippen molar-refractivity contribution in [3.63, 3.8) is 0 Å². The molecule has 4 amide bonds. The molecule has 6 aromatic rings. The zero-order chi connectivity index (χ0) is 65.3. The maximum absolute atomic E-state index is 14.3. The molecule has 2 saturated heterocycles. The molecule has 0 spiro atoms. The van der Waals surface area contributed by atoms with Crippen molar-refractivity contribution in [2.24, 2.45) is 34.5 Å². The number of nitrogens with one attached hydrogen (secondary N) is 2. The van der Waals surface area contributed by atoms with Crippen molar-refractivity contribution in [2.75, 3.05) is 40.3 Å². The van der Waals surface area contributed by atoms with Crippen LogP contribution < -0.4 is 10.6 Å². The molecule has 2 aromatic heterocycles. The first-order chi connectivity index (χ1) is 45.8. The van der Waals surface area contributed by atoms with Crippen LogP contribution in [0.3, 0.4) is 0 Å². The Hall–Kier alpha value is -6.46. The van der Waals surface area contributed by atoms with Gasteiger partial charge in [-0.3, -0.25) is 28.5 Å². The molecule has 12 rings (SSSR count). The van der Waals surface area contributed by atoms with Crippen molar-refractivity contribution < 1.29 is 19.2 Å². The van der Waals surface area contributed by atoms with E-state index in [9.17, 15) is 19.2 Å². The number of amides is 4. The molecular weight excluding hydrogens is 1220 g/mol. The number of carbonyl (C=O) groups excluding carboxylic acids is 4. The fraction of sp³-hybridized carbons (Fsp3) is 0.579. The number of hydrogen-bond donors (Lipinski definition) is 2. The van der Waals surface area contributed by atoms with E-state index >= 15 is 0 Å². The lowest BCUT2D eigenvalue weighted by Crippen LogP contribution is -2.55. The summed E-state index contributed by atoms with van der Waals surface area (Å²) in [6, 6.07) is 35.9. The molecule has 4 heterocycles. The number of halogens is 2. The quantitative estimate of drug-likeness (QED) is 0.0668. The Balaban J connectivity index is 0.000000192. The minimum Gasteiger partial charge on any atom is -0.341 e. The highest BCUT2D eigenvalue weighted by Crippen LogP contribution is 2.49. The van der Waals surface area contributed by atoms with E-state index in [1.807, 2.05) is 131 Å². The zero-order valence-corrected chi connectivity index (χ0v) is 57.3. The van der Waals surface area contributed by atoms with E-state index < -0.39 is 0 Å². The molecule has 16 nitrogen and oxygen atoms in total. The highest BCUT2D eigenvalue weighted by molar-refractivity contribution is 6.30. The van der Waals surface area contributed by atoms with Gasteiger partial charge in [0.2, 0.25) is 23.6 Å². The lowest BCUT2D eigenvalue weighted by Gasteiger charge is -2.48. The van der Waals surface area contributed by atoms with Crippen LogP contribution in [0.5, 0.6) is 0 Å². The number of carbonyl (C=O) groups is 4. The maximum atomic E-state index is 14.3.